The lowest BCUT2D eigenvalue weighted by molar-refractivity contribution is 0.415. The molecule has 4 nitrogen and oxygen atoms in total. The Morgan fingerprint density at radius 3 is 2.83 bits per heavy atom. The summed E-state index contributed by atoms with van der Waals surface area (Å²) in [6.45, 7) is 2.99. The SMILES string of the molecule is CCCCNc1nc2cc(OC)ccc2nc1Cl. The zero-order valence-electron chi connectivity index (χ0n) is 10.5. The van der Waals surface area contributed by atoms with E-state index >= 15 is 0 Å². The molecule has 0 amide bonds. The number of hydrogen-bond acceptors (Lipinski definition) is 4. The van der Waals surface area contributed by atoms with Gasteiger partial charge in [0.15, 0.2) is 11.0 Å². The number of nitrogens with one attached hydrogen (secondary N) is 1. The van der Waals surface area contributed by atoms with Crippen LogP contribution < -0.4 is 10.1 Å². The van der Waals surface area contributed by atoms with Gasteiger partial charge in [0.1, 0.15) is 5.75 Å². The summed E-state index contributed by atoms with van der Waals surface area (Å²) in [5.41, 5.74) is 1.54. The fourth-order valence-electron chi connectivity index (χ4n) is 1.64. The molecular formula is C13H16ClN3O. The number of fused-ring (bicyclic) bond motifs is 1. The van der Waals surface area contributed by atoms with Crippen molar-refractivity contribution in [3.05, 3.63) is 23.4 Å². The molecule has 18 heavy (non-hydrogen) atoms. The minimum atomic E-state index is 0.406. The van der Waals surface area contributed by atoms with Crippen molar-refractivity contribution < 1.29 is 4.74 Å². The predicted molar refractivity (Wildman–Crippen MR) is 74.5 cm³/mol. The van der Waals surface area contributed by atoms with Gasteiger partial charge >= 0.3 is 0 Å². The summed E-state index contributed by atoms with van der Waals surface area (Å²) >= 11 is 6.09. The van der Waals surface area contributed by atoms with E-state index in [2.05, 4.69) is 22.2 Å². The Kier molecular flexibility index (Phi) is 4.20. The number of ether oxygens (including phenoxy) is 1. The van der Waals surface area contributed by atoms with E-state index in [-0.39, 0.29) is 0 Å². The summed E-state index contributed by atoms with van der Waals surface area (Å²) < 4.78 is 5.17. The summed E-state index contributed by atoms with van der Waals surface area (Å²) in [6, 6.07) is 5.55. The van der Waals surface area contributed by atoms with Crippen molar-refractivity contribution in [2.24, 2.45) is 0 Å². The molecule has 1 aromatic carbocycles. The standard InChI is InChI=1S/C13H16ClN3O/c1-3-4-7-15-13-12(14)16-10-6-5-9(18-2)8-11(10)17-13/h5-6,8H,3-4,7H2,1-2H3,(H,15,17). The lowest BCUT2D eigenvalue weighted by atomic mass is 10.3. The number of aromatic nitrogens is 2. The van der Waals surface area contributed by atoms with Crippen LogP contribution in [0.1, 0.15) is 19.8 Å². The molecule has 0 unspecified atom stereocenters. The maximum absolute atomic E-state index is 6.09. The molecule has 0 aliphatic heterocycles. The average molecular weight is 266 g/mol. The van der Waals surface area contributed by atoms with Gasteiger partial charge in [0.2, 0.25) is 0 Å². The number of unbranched alkanes of at least 4 members (excludes halogenated alkanes) is 1. The second-order valence-corrected chi connectivity index (χ2v) is 4.36. The smallest absolute Gasteiger partial charge is 0.172 e. The van der Waals surface area contributed by atoms with Gasteiger partial charge in [-0.15, -0.1) is 0 Å². The molecule has 0 atom stereocenters. The van der Waals surface area contributed by atoms with E-state index in [1.165, 1.54) is 0 Å². The van der Waals surface area contributed by atoms with Crippen molar-refractivity contribution in [1.29, 1.82) is 0 Å². The van der Waals surface area contributed by atoms with Crippen molar-refractivity contribution >= 4 is 28.5 Å². The third kappa shape index (κ3) is 2.82. The number of methoxy groups -OCH3 is 1. The molecule has 0 saturated carbocycles. The second-order valence-electron chi connectivity index (χ2n) is 4.00. The topological polar surface area (TPSA) is 47.0 Å². The first kappa shape index (κ1) is 12.9. The normalized spacial score (nSPS) is 10.6. The third-order valence-corrected chi connectivity index (χ3v) is 2.92. The highest BCUT2D eigenvalue weighted by Crippen LogP contribution is 2.24. The zero-order valence-corrected chi connectivity index (χ0v) is 11.3. The molecule has 0 radical (unpaired) electrons. The fraction of sp³-hybridized carbons (Fsp3) is 0.385. The maximum atomic E-state index is 6.09. The first-order valence-corrected chi connectivity index (χ1v) is 6.37. The number of benzene rings is 1. The molecule has 1 N–H and O–H groups in total. The van der Waals surface area contributed by atoms with Crippen LogP contribution in [0.4, 0.5) is 5.82 Å². The van der Waals surface area contributed by atoms with Crippen molar-refractivity contribution in [3.8, 4) is 5.75 Å². The average Bonchev–Trinajstić information content (AvgIpc) is 2.39. The first-order chi connectivity index (χ1) is 8.74. The van der Waals surface area contributed by atoms with Gasteiger partial charge in [-0.25, -0.2) is 9.97 Å². The van der Waals surface area contributed by atoms with Crippen molar-refractivity contribution in [1.82, 2.24) is 9.97 Å². The van der Waals surface area contributed by atoms with Gasteiger partial charge in [0.05, 0.1) is 18.1 Å². The highest BCUT2D eigenvalue weighted by atomic mass is 35.5. The van der Waals surface area contributed by atoms with E-state index < -0.39 is 0 Å². The summed E-state index contributed by atoms with van der Waals surface area (Å²) in [5, 5.41) is 3.60. The third-order valence-electron chi connectivity index (χ3n) is 2.65. The Bertz CT molecular complexity index is 545. The van der Waals surface area contributed by atoms with Crippen molar-refractivity contribution in [2.75, 3.05) is 19.0 Å². The highest BCUT2D eigenvalue weighted by molar-refractivity contribution is 6.32. The Labute approximate surface area is 111 Å². The molecule has 0 bridgehead atoms. The molecule has 0 aliphatic rings. The first-order valence-electron chi connectivity index (χ1n) is 5.99. The van der Waals surface area contributed by atoms with Crippen LogP contribution in [0.3, 0.4) is 0 Å². The van der Waals surface area contributed by atoms with Gasteiger partial charge in [-0.1, -0.05) is 24.9 Å². The molecule has 96 valence electrons. The lowest BCUT2D eigenvalue weighted by Gasteiger charge is -2.08. The Morgan fingerprint density at radius 2 is 2.11 bits per heavy atom. The van der Waals surface area contributed by atoms with Crippen LogP contribution >= 0.6 is 11.6 Å². The summed E-state index contributed by atoms with van der Waals surface area (Å²) in [6.07, 6.45) is 2.20. The Hall–Kier alpha value is -1.55. The van der Waals surface area contributed by atoms with E-state index in [0.29, 0.717) is 11.0 Å². The van der Waals surface area contributed by atoms with E-state index in [9.17, 15) is 0 Å². The number of anilines is 1. The molecule has 1 aromatic heterocycles. The largest absolute Gasteiger partial charge is 0.497 e. The minimum Gasteiger partial charge on any atom is -0.497 e. The van der Waals surface area contributed by atoms with Gasteiger partial charge in [0.25, 0.3) is 0 Å². The Morgan fingerprint density at radius 1 is 1.28 bits per heavy atom. The molecule has 2 aromatic rings. The van der Waals surface area contributed by atoms with E-state index in [4.69, 9.17) is 16.3 Å². The predicted octanol–water partition coefficient (Wildman–Crippen LogP) is 3.50. The van der Waals surface area contributed by atoms with Gasteiger partial charge in [-0.3, -0.25) is 0 Å². The second kappa shape index (κ2) is 5.87. The molecule has 5 heteroatoms. The molecule has 1 heterocycles. The fourth-order valence-corrected chi connectivity index (χ4v) is 1.84. The van der Waals surface area contributed by atoms with Crippen LogP contribution in [-0.2, 0) is 0 Å². The van der Waals surface area contributed by atoms with Crippen LogP contribution in [0.15, 0.2) is 18.2 Å². The summed E-state index contributed by atoms with van der Waals surface area (Å²) in [5.74, 6) is 1.39. The van der Waals surface area contributed by atoms with Crippen LogP contribution in [-0.4, -0.2) is 23.6 Å². The molecular weight excluding hydrogens is 250 g/mol. The van der Waals surface area contributed by atoms with E-state index in [1.54, 1.807) is 7.11 Å². The van der Waals surface area contributed by atoms with Gasteiger partial charge in [-0.05, 0) is 18.6 Å². The number of halogens is 1. The summed E-state index contributed by atoms with van der Waals surface area (Å²) in [4.78, 5) is 8.78. The molecule has 0 spiro atoms. The number of hydrogen-bond donors (Lipinski definition) is 1. The number of rotatable bonds is 5. The van der Waals surface area contributed by atoms with Crippen LogP contribution in [0.25, 0.3) is 11.0 Å². The van der Waals surface area contributed by atoms with Gasteiger partial charge < -0.3 is 10.1 Å². The molecule has 0 fully saturated rings. The van der Waals surface area contributed by atoms with Crippen LogP contribution in [0, 0.1) is 0 Å². The lowest BCUT2D eigenvalue weighted by Crippen LogP contribution is -2.04. The monoisotopic (exact) mass is 265 g/mol. The van der Waals surface area contributed by atoms with Gasteiger partial charge in [-0.2, -0.15) is 0 Å². The summed E-state index contributed by atoms with van der Waals surface area (Å²) in [7, 11) is 1.63. The van der Waals surface area contributed by atoms with Crippen molar-refractivity contribution in [2.45, 2.75) is 19.8 Å². The van der Waals surface area contributed by atoms with Crippen LogP contribution in [0.2, 0.25) is 5.15 Å². The molecule has 0 aliphatic carbocycles. The number of nitrogens with zero attached hydrogens (tertiary/aromatic N) is 2. The van der Waals surface area contributed by atoms with Crippen LogP contribution in [0.5, 0.6) is 5.75 Å². The zero-order chi connectivity index (χ0) is 13.0. The highest BCUT2D eigenvalue weighted by Gasteiger charge is 2.07. The van der Waals surface area contributed by atoms with Crippen molar-refractivity contribution in [3.63, 3.8) is 0 Å². The Balaban J connectivity index is 2.32. The van der Waals surface area contributed by atoms with E-state index in [0.717, 1.165) is 36.2 Å². The maximum Gasteiger partial charge on any atom is 0.172 e. The molecule has 2 rings (SSSR count). The van der Waals surface area contributed by atoms with E-state index in [1.807, 2.05) is 18.2 Å². The van der Waals surface area contributed by atoms with Gasteiger partial charge in [0, 0.05) is 12.6 Å². The minimum absolute atomic E-state index is 0.406. The quantitative estimate of drug-likeness (QED) is 0.841. The molecule has 0 saturated heterocycles.